The summed E-state index contributed by atoms with van der Waals surface area (Å²) in [6, 6.07) is 7.60. The standard InChI is InChI=1S/C17H14O6/c1-21-14-4-3-11(17(22-2)16(14)20)10-5-9-6-12(18)13(19)7-15(9)23-8-10/h3-8,18,20H,1-2H3. The van der Waals surface area contributed by atoms with Gasteiger partial charge in [0.15, 0.2) is 17.2 Å². The van der Waals surface area contributed by atoms with Crippen molar-refractivity contribution in [3.63, 3.8) is 0 Å². The Hall–Kier alpha value is -3.15. The fraction of sp³-hybridized carbons (Fsp3) is 0.118. The average Bonchev–Trinajstić information content (AvgIpc) is 2.55. The van der Waals surface area contributed by atoms with Crippen molar-refractivity contribution >= 4 is 0 Å². The SMILES string of the molecule is COc1ccc(-c2coc3cc(=O)c(O)cc-3c2)c(OC)c1O. The molecule has 0 radical (unpaired) electrons. The molecule has 6 heteroatoms. The van der Waals surface area contributed by atoms with Crippen LogP contribution in [0, 0.1) is 0 Å². The molecule has 0 saturated carbocycles. The third-order valence-electron chi connectivity index (χ3n) is 3.54. The summed E-state index contributed by atoms with van der Waals surface area (Å²) in [5, 5.41) is 19.7. The maximum absolute atomic E-state index is 11.4. The highest BCUT2D eigenvalue weighted by Crippen LogP contribution is 2.44. The average molecular weight is 314 g/mol. The predicted molar refractivity (Wildman–Crippen MR) is 83.5 cm³/mol. The van der Waals surface area contributed by atoms with Crippen LogP contribution in [0.15, 0.2) is 45.8 Å². The van der Waals surface area contributed by atoms with Crippen LogP contribution in [0.3, 0.4) is 0 Å². The minimum Gasteiger partial charge on any atom is -0.504 e. The molecule has 0 unspecified atom stereocenters. The fourth-order valence-electron chi connectivity index (χ4n) is 2.40. The number of phenolic OH excluding ortho intramolecular Hbond substituents is 2. The molecule has 1 aliphatic carbocycles. The van der Waals surface area contributed by atoms with Crippen molar-refractivity contribution in [2.75, 3.05) is 14.2 Å². The van der Waals surface area contributed by atoms with Crippen molar-refractivity contribution in [3.05, 3.63) is 46.8 Å². The molecule has 118 valence electrons. The van der Waals surface area contributed by atoms with E-state index in [1.165, 1.54) is 32.6 Å². The third kappa shape index (κ3) is 2.44. The van der Waals surface area contributed by atoms with Gasteiger partial charge in [0.1, 0.15) is 5.76 Å². The van der Waals surface area contributed by atoms with Crippen LogP contribution in [0.5, 0.6) is 23.0 Å². The molecule has 1 aliphatic heterocycles. The quantitative estimate of drug-likeness (QED) is 0.772. The molecule has 0 atom stereocenters. The summed E-state index contributed by atoms with van der Waals surface area (Å²) in [7, 11) is 2.88. The largest absolute Gasteiger partial charge is 0.504 e. The number of benzene rings is 2. The van der Waals surface area contributed by atoms with Gasteiger partial charge in [-0.1, -0.05) is 0 Å². The van der Waals surface area contributed by atoms with Gasteiger partial charge in [0.2, 0.25) is 11.2 Å². The van der Waals surface area contributed by atoms with Crippen molar-refractivity contribution in [3.8, 4) is 45.4 Å². The van der Waals surface area contributed by atoms with E-state index in [-0.39, 0.29) is 23.0 Å². The predicted octanol–water partition coefficient (Wildman–Crippen LogP) is 2.84. The maximum Gasteiger partial charge on any atom is 0.223 e. The highest BCUT2D eigenvalue weighted by molar-refractivity contribution is 5.78. The van der Waals surface area contributed by atoms with E-state index in [4.69, 9.17) is 13.9 Å². The highest BCUT2D eigenvalue weighted by atomic mass is 16.5. The lowest BCUT2D eigenvalue weighted by molar-refractivity contribution is 0.341. The molecule has 6 nitrogen and oxygen atoms in total. The summed E-state index contributed by atoms with van der Waals surface area (Å²) in [6.45, 7) is 0. The van der Waals surface area contributed by atoms with E-state index in [0.717, 1.165) is 0 Å². The van der Waals surface area contributed by atoms with Crippen molar-refractivity contribution in [1.82, 2.24) is 0 Å². The summed E-state index contributed by atoms with van der Waals surface area (Å²) in [6.07, 6.45) is 1.45. The molecular formula is C17H14O6. The number of methoxy groups -OCH3 is 2. The number of aromatic hydroxyl groups is 2. The van der Waals surface area contributed by atoms with E-state index in [9.17, 15) is 15.0 Å². The monoisotopic (exact) mass is 314 g/mol. The normalized spacial score (nSPS) is 10.7. The van der Waals surface area contributed by atoms with Crippen LogP contribution < -0.4 is 14.9 Å². The minimum atomic E-state index is -0.506. The zero-order valence-corrected chi connectivity index (χ0v) is 12.5. The van der Waals surface area contributed by atoms with Crippen LogP contribution in [0.4, 0.5) is 0 Å². The lowest BCUT2D eigenvalue weighted by Gasteiger charge is -2.14. The van der Waals surface area contributed by atoms with Crippen molar-refractivity contribution in [2.24, 2.45) is 0 Å². The van der Waals surface area contributed by atoms with Gasteiger partial charge >= 0.3 is 0 Å². The van der Waals surface area contributed by atoms with Gasteiger partial charge in [-0.3, -0.25) is 4.79 Å². The van der Waals surface area contributed by atoms with Crippen LogP contribution in [-0.4, -0.2) is 24.4 Å². The molecule has 0 bridgehead atoms. The lowest BCUT2D eigenvalue weighted by atomic mass is 10.0. The Morgan fingerprint density at radius 1 is 1.00 bits per heavy atom. The van der Waals surface area contributed by atoms with E-state index in [0.29, 0.717) is 22.5 Å². The number of hydrogen-bond acceptors (Lipinski definition) is 6. The maximum atomic E-state index is 11.4. The Morgan fingerprint density at radius 2 is 1.78 bits per heavy atom. The van der Waals surface area contributed by atoms with Gasteiger partial charge in [-0.05, 0) is 24.3 Å². The molecule has 0 fully saturated rings. The topological polar surface area (TPSA) is 89.1 Å². The van der Waals surface area contributed by atoms with Crippen LogP contribution in [-0.2, 0) is 0 Å². The summed E-state index contributed by atoms with van der Waals surface area (Å²) in [4.78, 5) is 11.4. The molecule has 2 N–H and O–H groups in total. The molecule has 2 aliphatic rings. The molecule has 3 rings (SSSR count). The molecule has 0 aromatic heterocycles. The van der Waals surface area contributed by atoms with E-state index in [2.05, 4.69) is 0 Å². The van der Waals surface area contributed by atoms with Crippen molar-refractivity contribution in [2.45, 2.75) is 0 Å². The van der Waals surface area contributed by atoms with E-state index in [1.54, 1.807) is 18.2 Å². The van der Waals surface area contributed by atoms with Crippen LogP contribution in [0.1, 0.15) is 0 Å². The first-order chi connectivity index (χ1) is 11.0. The molecule has 1 aromatic rings. The fourth-order valence-corrected chi connectivity index (χ4v) is 2.40. The second kappa shape index (κ2) is 5.57. The Labute approximate surface area is 131 Å². The van der Waals surface area contributed by atoms with Crippen LogP contribution >= 0.6 is 0 Å². The Balaban J connectivity index is 2.22. The summed E-state index contributed by atoms with van der Waals surface area (Å²) >= 11 is 0. The smallest absolute Gasteiger partial charge is 0.223 e. The van der Waals surface area contributed by atoms with Crippen molar-refractivity contribution < 1.29 is 24.1 Å². The van der Waals surface area contributed by atoms with Gasteiger partial charge in [-0.2, -0.15) is 0 Å². The van der Waals surface area contributed by atoms with Crippen LogP contribution in [0.25, 0.3) is 22.5 Å². The summed E-state index contributed by atoms with van der Waals surface area (Å²) in [5.41, 5.74) is 1.25. The summed E-state index contributed by atoms with van der Waals surface area (Å²) < 4.78 is 15.8. The van der Waals surface area contributed by atoms with Gasteiger partial charge in [-0.25, -0.2) is 0 Å². The highest BCUT2D eigenvalue weighted by Gasteiger charge is 2.18. The third-order valence-corrected chi connectivity index (χ3v) is 3.54. The molecule has 0 spiro atoms. The molecule has 0 amide bonds. The van der Waals surface area contributed by atoms with Gasteiger partial charge in [0, 0.05) is 22.8 Å². The van der Waals surface area contributed by atoms with Gasteiger partial charge in [0.05, 0.1) is 20.5 Å². The number of ether oxygens (including phenoxy) is 2. The number of fused-ring (bicyclic) bond motifs is 1. The van der Waals surface area contributed by atoms with Crippen LogP contribution in [0.2, 0.25) is 0 Å². The van der Waals surface area contributed by atoms with Gasteiger partial charge < -0.3 is 24.1 Å². The van der Waals surface area contributed by atoms with Gasteiger partial charge in [0.25, 0.3) is 0 Å². The Kier molecular flexibility index (Phi) is 3.57. The van der Waals surface area contributed by atoms with E-state index < -0.39 is 5.43 Å². The minimum absolute atomic E-state index is 0.120. The first-order valence-electron chi connectivity index (χ1n) is 6.75. The van der Waals surface area contributed by atoms with E-state index in [1.807, 2.05) is 0 Å². The van der Waals surface area contributed by atoms with Crippen molar-refractivity contribution in [1.29, 1.82) is 0 Å². The number of rotatable bonds is 3. The number of hydrogen-bond donors (Lipinski definition) is 2. The molecular weight excluding hydrogens is 300 g/mol. The first kappa shape index (κ1) is 14.8. The molecule has 23 heavy (non-hydrogen) atoms. The first-order valence-corrected chi connectivity index (χ1v) is 6.75. The second-order valence-corrected chi connectivity index (χ2v) is 4.89. The second-order valence-electron chi connectivity index (χ2n) is 4.89. The molecule has 0 saturated heterocycles. The Bertz CT molecular complexity index is 896. The molecule has 1 heterocycles. The molecule has 1 aromatic carbocycles. The Morgan fingerprint density at radius 3 is 2.48 bits per heavy atom. The zero-order chi connectivity index (χ0) is 16.6. The van der Waals surface area contributed by atoms with E-state index >= 15 is 0 Å². The zero-order valence-electron chi connectivity index (χ0n) is 12.5. The van der Waals surface area contributed by atoms with Gasteiger partial charge in [-0.15, -0.1) is 0 Å². The summed E-state index contributed by atoms with van der Waals surface area (Å²) in [5.74, 6) is 0.411. The number of phenols is 2. The lowest BCUT2D eigenvalue weighted by Crippen LogP contribution is -2.00.